The maximum absolute atomic E-state index is 12.9. The van der Waals surface area contributed by atoms with Gasteiger partial charge in [0.15, 0.2) is 0 Å². The Hall–Kier alpha value is -0.660. The summed E-state index contributed by atoms with van der Waals surface area (Å²) >= 11 is 0. The molecule has 2 aliphatic rings. The zero-order valence-electron chi connectivity index (χ0n) is 12.7. The van der Waals surface area contributed by atoms with Gasteiger partial charge in [-0.25, -0.2) is 0 Å². The molecule has 0 aromatic rings. The van der Waals surface area contributed by atoms with E-state index < -0.39 is 16.2 Å². The van der Waals surface area contributed by atoms with Gasteiger partial charge >= 0.3 is 5.97 Å². The van der Waals surface area contributed by atoms with Crippen LogP contribution in [-0.2, 0) is 15.0 Å². The van der Waals surface area contributed by atoms with E-state index in [1.165, 1.54) is 4.31 Å². The second-order valence-electron chi connectivity index (χ2n) is 6.31. The molecule has 0 aromatic carbocycles. The minimum absolute atomic E-state index is 0.0217. The van der Waals surface area contributed by atoms with E-state index in [9.17, 15) is 13.2 Å². The lowest BCUT2D eigenvalue weighted by Gasteiger charge is -2.36. The van der Waals surface area contributed by atoms with Crippen LogP contribution in [0.2, 0.25) is 0 Å². The summed E-state index contributed by atoms with van der Waals surface area (Å²) in [5.74, 6) is -0.571. The van der Waals surface area contributed by atoms with E-state index in [1.807, 2.05) is 0 Å². The molecule has 0 radical (unpaired) electrons. The summed E-state index contributed by atoms with van der Waals surface area (Å²) in [5.41, 5.74) is 0. The van der Waals surface area contributed by atoms with Gasteiger partial charge in [0, 0.05) is 25.7 Å². The smallest absolute Gasteiger partial charge is 0.304 e. The second-order valence-corrected chi connectivity index (χ2v) is 8.19. The third-order valence-corrected chi connectivity index (χ3v) is 6.58. The summed E-state index contributed by atoms with van der Waals surface area (Å²) in [7, 11) is -3.53. The first-order chi connectivity index (χ1) is 9.91. The zero-order valence-corrected chi connectivity index (χ0v) is 13.5. The van der Waals surface area contributed by atoms with Gasteiger partial charge in [-0.2, -0.15) is 17.0 Å². The fourth-order valence-electron chi connectivity index (χ4n) is 3.39. The third-order valence-electron chi connectivity index (χ3n) is 4.52. The molecule has 2 rings (SSSR count). The predicted molar refractivity (Wildman–Crippen MR) is 80.1 cm³/mol. The van der Waals surface area contributed by atoms with Crippen molar-refractivity contribution in [2.75, 3.05) is 19.6 Å². The van der Waals surface area contributed by atoms with Crippen LogP contribution in [0.5, 0.6) is 0 Å². The van der Waals surface area contributed by atoms with Crippen LogP contribution >= 0.6 is 0 Å². The molecule has 1 heterocycles. The average Bonchev–Trinajstić information content (AvgIpc) is 2.92. The highest BCUT2D eigenvalue weighted by Gasteiger charge is 2.37. The van der Waals surface area contributed by atoms with Gasteiger partial charge in [0.2, 0.25) is 0 Å². The Labute approximate surface area is 127 Å². The molecule has 1 aliphatic heterocycles. The fraction of sp³-hybridized carbons (Fsp3) is 0.929. The highest BCUT2D eigenvalue weighted by atomic mass is 32.2. The summed E-state index contributed by atoms with van der Waals surface area (Å²) in [5, 5.41) is 8.89. The number of hydrogen-bond donors (Lipinski definition) is 1. The van der Waals surface area contributed by atoms with E-state index in [1.54, 1.807) is 4.31 Å². The van der Waals surface area contributed by atoms with Gasteiger partial charge in [0.05, 0.1) is 6.42 Å². The Morgan fingerprint density at radius 1 is 1.24 bits per heavy atom. The minimum Gasteiger partial charge on any atom is -0.481 e. The first-order valence-electron chi connectivity index (χ1n) is 7.90. The summed E-state index contributed by atoms with van der Waals surface area (Å²) in [6, 6.07) is -0.0217. The molecular formula is C14H26N2O4S. The summed E-state index contributed by atoms with van der Waals surface area (Å²) in [6.07, 6.45) is 5.58. The van der Waals surface area contributed by atoms with Gasteiger partial charge in [-0.1, -0.05) is 19.8 Å². The molecule has 0 aromatic heterocycles. The van der Waals surface area contributed by atoms with Crippen LogP contribution in [0.1, 0.15) is 51.9 Å². The number of nitrogens with zero attached hydrogens (tertiary/aromatic N) is 2. The Morgan fingerprint density at radius 2 is 1.90 bits per heavy atom. The predicted octanol–water partition coefficient (Wildman–Crippen LogP) is 1.68. The molecule has 1 unspecified atom stereocenters. The van der Waals surface area contributed by atoms with Crippen LogP contribution in [0.25, 0.3) is 0 Å². The number of aliphatic carboxylic acids is 1. The van der Waals surface area contributed by atoms with Gasteiger partial charge in [0.25, 0.3) is 10.2 Å². The van der Waals surface area contributed by atoms with E-state index in [2.05, 4.69) is 6.92 Å². The molecule has 1 atom stereocenters. The summed E-state index contributed by atoms with van der Waals surface area (Å²) < 4.78 is 28.8. The van der Waals surface area contributed by atoms with Gasteiger partial charge in [-0.3, -0.25) is 4.79 Å². The minimum atomic E-state index is -3.53. The number of rotatable bonds is 6. The van der Waals surface area contributed by atoms with E-state index in [0.717, 1.165) is 38.5 Å². The fourth-order valence-corrected chi connectivity index (χ4v) is 5.40. The van der Waals surface area contributed by atoms with Crippen molar-refractivity contribution < 1.29 is 18.3 Å². The lowest BCUT2D eigenvalue weighted by Crippen LogP contribution is -2.51. The van der Waals surface area contributed by atoms with Crippen LogP contribution in [0.3, 0.4) is 0 Å². The van der Waals surface area contributed by atoms with Crippen molar-refractivity contribution in [2.45, 2.75) is 57.9 Å². The van der Waals surface area contributed by atoms with Crippen LogP contribution < -0.4 is 0 Å². The molecule has 1 saturated heterocycles. The van der Waals surface area contributed by atoms with Gasteiger partial charge in [-0.15, -0.1) is 0 Å². The average molecular weight is 318 g/mol. The maximum Gasteiger partial charge on any atom is 0.304 e. The number of carboxylic acids is 1. The standard InChI is InChI=1S/C14H26N2O4S/c1-12-5-4-9-15(11-12)21(19,20)16(10-8-14(17)18)13-6-2-3-7-13/h12-13H,2-11H2,1H3,(H,17,18). The molecule has 0 spiro atoms. The molecule has 1 aliphatic carbocycles. The molecule has 2 fully saturated rings. The van der Waals surface area contributed by atoms with Crippen molar-refractivity contribution in [3.05, 3.63) is 0 Å². The highest BCUT2D eigenvalue weighted by molar-refractivity contribution is 7.86. The van der Waals surface area contributed by atoms with Crippen molar-refractivity contribution in [1.29, 1.82) is 0 Å². The molecule has 122 valence electrons. The monoisotopic (exact) mass is 318 g/mol. The van der Waals surface area contributed by atoms with Crippen molar-refractivity contribution in [2.24, 2.45) is 5.92 Å². The van der Waals surface area contributed by atoms with E-state index >= 15 is 0 Å². The normalized spacial score (nSPS) is 25.5. The van der Waals surface area contributed by atoms with Crippen LogP contribution in [0.4, 0.5) is 0 Å². The Bertz CT molecular complexity index is 460. The molecule has 0 amide bonds. The van der Waals surface area contributed by atoms with E-state index in [0.29, 0.717) is 19.0 Å². The lowest BCUT2D eigenvalue weighted by atomic mass is 10.0. The molecule has 6 nitrogen and oxygen atoms in total. The first-order valence-corrected chi connectivity index (χ1v) is 9.29. The van der Waals surface area contributed by atoms with Crippen molar-refractivity contribution >= 4 is 16.2 Å². The van der Waals surface area contributed by atoms with Crippen molar-refractivity contribution in [1.82, 2.24) is 8.61 Å². The number of hydrogen-bond acceptors (Lipinski definition) is 3. The number of piperidine rings is 1. The van der Waals surface area contributed by atoms with Crippen molar-refractivity contribution in [3.8, 4) is 0 Å². The molecular weight excluding hydrogens is 292 g/mol. The Morgan fingerprint density at radius 3 is 2.48 bits per heavy atom. The summed E-state index contributed by atoms with van der Waals surface area (Å²) in [6.45, 7) is 3.27. The van der Waals surface area contributed by atoms with Crippen LogP contribution in [0, 0.1) is 5.92 Å². The van der Waals surface area contributed by atoms with Crippen molar-refractivity contribution in [3.63, 3.8) is 0 Å². The molecule has 7 heteroatoms. The van der Waals surface area contributed by atoms with E-state index in [4.69, 9.17) is 5.11 Å². The molecule has 21 heavy (non-hydrogen) atoms. The van der Waals surface area contributed by atoms with Crippen LogP contribution in [-0.4, -0.2) is 53.8 Å². The van der Waals surface area contributed by atoms with Gasteiger partial charge in [0.1, 0.15) is 0 Å². The summed E-state index contributed by atoms with van der Waals surface area (Å²) in [4.78, 5) is 10.8. The quantitative estimate of drug-likeness (QED) is 0.808. The molecule has 1 N–H and O–H groups in total. The second kappa shape index (κ2) is 7.07. The number of carbonyl (C=O) groups is 1. The zero-order chi connectivity index (χ0) is 15.5. The number of carboxylic acid groups (broad SMARTS) is 1. The third kappa shape index (κ3) is 4.17. The SMILES string of the molecule is CC1CCCN(S(=O)(=O)N(CCC(=O)O)C2CCCC2)C1. The lowest BCUT2D eigenvalue weighted by molar-refractivity contribution is -0.137. The van der Waals surface area contributed by atoms with E-state index in [-0.39, 0.29) is 19.0 Å². The Kier molecular flexibility index (Phi) is 5.62. The first kappa shape index (κ1) is 16.7. The molecule has 1 saturated carbocycles. The largest absolute Gasteiger partial charge is 0.481 e. The van der Waals surface area contributed by atoms with Gasteiger partial charge < -0.3 is 5.11 Å². The Balaban J connectivity index is 2.14. The maximum atomic E-state index is 12.9. The topological polar surface area (TPSA) is 77.9 Å². The van der Waals surface area contributed by atoms with Crippen LogP contribution in [0.15, 0.2) is 0 Å². The van der Waals surface area contributed by atoms with Gasteiger partial charge in [-0.05, 0) is 31.6 Å². The highest BCUT2D eigenvalue weighted by Crippen LogP contribution is 2.29. The molecule has 0 bridgehead atoms.